The summed E-state index contributed by atoms with van der Waals surface area (Å²) in [5, 5.41) is 2.87. The number of ether oxygens (including phenoxy) is 1. The van der Waals surface area contributed by atoms with Gasteiger partial charge in [-0.1, -0.05) is 29.8 Å². The van der Waals surface area contributed by atoms with E-state index in [0.717, 1.165) is 16.9 Å². The highest BCUT2D eigenvalue weighted by Crippen LogP contribution is 2.25. The second-order valence-electron chi connectivity index (χ2n) is 5.43. The fraction of sp³-hybridized carbons (Fsp3) is 0.158. The van der Waals surface area contributed by atoms with E-state index in [1.165, 1.54) is 12.0 Å². The van der Waals surface area contributed by atoms with Crippen LogP contribution in [0.3, 0.4) is 0 Å². The largest absolute Gasteiger partial charge is 0.497 e. The first kappa shape index (κ1) is 15.8. The zero-order chi connectivity index (χ0) is 16.9. The summed E-state index contributed by atoms with van der Waals surface area (Å²) in [5.74, 6) is 0.915. The Labute approximate surface area is 140 Å². The van der Waals surface area contributed by atoms with Crippen molar-refractivity contribution in [2.75, 3.05) is 7.11 Å². The molecule has 3 aromatic rings. The van der Waals surface area contributed by atoms with Gasteiger partial charge in [0.1, 0.15) is 5.75 Å². The molecule has 0 aliphatic rings. The van der Waals surface area contributed by atoms with Crippen LogP contribution in [0.1, 0.15) is 21.6 Å². The summed E-state index contributed by atoms with van der Waals surface area (Å²) >= 11 is 0. The number of hydrogen-bond acceptors (Lipinski definition) is 4. The number of nitrogens with one attached hydrogen (secondary N) is 1. The van der Waals surface area contributed by atoms with E-state index < -0.39 is 0 Å². The predicted molar refractivity (Wildman–Crippen MR) is 90.8 cm³/mol. The van der Waals surface area contributed by atoms with Crippen LogP contribution in [-0.2, 0) is 6.54 Å². The Morgan fingerprint density at radius 2 is 1.83 bits per heavy atom. The lowest BCUT2D eigenvalue weighted by molar-refractivity contribution is 0.0947. The van der Waals surface area contributed by atoms with Gasteiger partial charge in [-0.15, -0.1) is 0 Å². The Hall–Kier alpha value is -3.08. The van der Waals surface area contributed by atoms with E-state index in [4.69, 9.17) is 9.15 Å². The topological polar surface area (TPSA) is 64.4 Å². The minimum absolute atomic E-state index is 0.268. The lowest BCUT2D eigenvalue weighted by atomic mass is 10.1. The van der Waals surface area contributed by atoms with Crippen LogP contribution in [0.5, 0.6) is 5.75 Å². The average molecular weight is 322 g/mol. The first-order valence-corrected chi connectivity index (χ1v) is 7.59. The summed E-state index contributed by atoms with van der Waals surface area (Å²) in [7, 11) is 1.60. The van der Waals surface area contributed by atoms with Crippen molar-refractivity contribution < 1.29 is 13.9 Å². The van der Waals surface area contributed by atoms with Gasteiger partial charge in [-0.2, -0.15) is 0 Å². The van der Waals surface area contributed by atoms with Crippen molar-refractivity contribution in [1.82, 2.24) is 10.3 Å². The van der Waals surface area contributed by atoms with E-state index in [-0.39, 0.29) is 11.6 Å². The van der Waals surface area contributed by atoms with Gasteiger partial charge in [-0.05, 0) is 36.8 Å². The van der Waals surface area contributed by atoms with Crippen molar-refractivity contribution in [3.05, 3.63) is 71.7 Å². The van der Waals surface area contributed by atoms with Gasteiger partial charge < -0.3 is 14.5 Å². The smallest absolute Gasteiger partial charge is 0.274 e. The molecule has 0 aliphatic carbocycles. The molecule has 5 heteroatoms. The van der Waals surface area contributed by atoms with Crippen LogP contribution >= 0.6 is 0 Å². The number of aryl methyl sites for hydroxylation is 1. The minimum Gasteiger partial charge on any atom is -0.497 e. The first-order chi connectivity index (χ1) is 11.7. The summed E-state index contributed by atoms with van der Waals surface area (Å²) < 4.78 is 10.5. The highest BCUT2D eigenvalue weighted by molar-refractivity contribution is 5.97. The molecule has 1 aromatic heterocycles. The number of amides is 1. The summed E-state index contributed by atoms with van der Waals surface area (Å²) in [4.78, 5) is 16.5. The second-order valence-corrected chi connectivity index (χ2v) is 5.43. The molecule has 0 saturated heterocycles. The third-order valence-electron chi connectivity index (χ3n) is 3.71. The number of methoxy groups -OCH3 is 1. The van der Waals surface area contributed by atoms with E-state index in [1.807, 2.05) is 55.5 Å². The Balaban J connectivity index is 1.73. The van der Waals surface area contributed by atoms with Crippen LogP contribution in [-0.4, -0.2) is 18.0 Å². The number of carbonyl (C=O) groups is 1. The van der Waals surface area contributed by atoms with Gasteiger partial charge in [0.2, 0.25) is 0 Å². The number of rotatable bonds is 5. The molecule has 2 aromatic carbocycles. The van der Waals surface area contributed by atoms with Crippen molar-refractivity contribution in [2.45, 2.75) is 13.5 Å². The van der Waals surface area contributed by atoms with E-state index in [9.17, 15) is 4.79 Å². The standard InChI is InChI=1S/C19H18N2O3/c1-13-3-5-14(6-4-13)11-20-19(22)17-18(24-12-21-17)15-7-9-16(23-2)10-8-15/h3-10,12H,11H2,1-2H3,(H,20,22). The van der Waals surface area contributed by atoms with E-state index in [0.29, 0.717) is 12.3 Å². The van der Waals surface area contributed by atoms with Gasteiger partial charge in [0.05, 0.1) is 7.11 Å². The molecule has 0 radical (unpaired) electrons. The van der Waals surface area contributed by atoms with E-state index in [1.54, 1.807) is 7.11 Å². The molecular formula is C19H18N2O3. The number of carbonyl (C=O) groups excluding carboxylic acids is 1. The molecule has 1 amide bonds. The van der Waals surface area contributed by atoms with Gasteiger partial charge in [0, 0.05) is 12.1 Å². The molecule has 122 valence electrons. The summed E-state index contributed by atoms with van der Waals surface area (Å²) in [6, 6.07) is 15.3. The zero-order valence-corrected chi connectivity index (χ0v) is 13.6. The Bertz CT molecular complexity index is 821. The summed E-state index contributed by atoms with van der Waals surface area (Å²) in [6.45, 7) is 2.47. The highest BCUT2D eigenvalue weighted by atomic mass is 16.5. The second kappa shape index (κ2) is 7.00. The average Bonchev–Trinajstić information content (AvgIpc) is 3.11. The van der Waals surface area contributed by atoms with Crippen molar-refractivity contribution >= 4 is 5.91 Å². The van der Waals surface area contributed by atoms with Crippen molar-refractivity contribution in [1.29, 1.82) is 0 Å². The van der Waals surface area contributed by atoms with Crippen LogP contribution in [0, 0.1) is 6.92 Å². The Morgan fingerprint density at radius 3 is 2.50 bits per heavy atom. The van der Waals surface area contributed by atoms with Crippen LogP contribution < -0.4 is 10.1 Å². The van der Waals surface area contributed by atoms with Gasteiger partial charge in [0.15, 0.2) is 17.8 Å². The number of aromatic nitrogens is 1. The maximum atomic E-state index is 12.4. The summed E-state index contributed by atoms with van der Waals surface area (Å²) in [5.41, 5.74) is 3.26. The molecule has 0 unspecified atom stereocenters. The maximum Gasteiger partial charge on any atom is 0.274 e. The van der Waals surface area contributed by atoms with Crippen molar-refractivity contribution in [3.63, 3.8) is 0 Å². The quantitative estimate of drug-likeness (QED) is 0.779. The molecule has 24 heavy (non-hydrogen) atoms. The lowest BCUT2D eigenvalue weighted by Crippen LogP contribution is -2.23. The van der Waals surface area contributed by atoms with Crippen LogP contribution in [0.4, 0.5) is 0 Å². The number of oxazole rings is 1. The highest BCUT2D eigenvalue weighted by Gasteiger charge is 2.18. The molecule has 0 fully saturated rings. The molecule has 0 saturated carbocycles. The third-order valence-corrected chi connectivity index (χ3v) is 3.71. The predicted octanol–water partition coefficient (Wildman–Crippen LogP) is 3.59. The zero-order valence-electron chi connectivity index (χ0n) is 13.6. The number of nitrogens with zero attached hydrogens (tertiary/aromatic N) is 1. The molecule has 1 heterocycles. The number of benzene rings is 2. The monoisotopic (exact) mass is 322 g/mol. The van der Waals surface area contributed by atoms with Gasteiger partial charge in [-0.25, -0.2) is 4.98 Å². The van der Waals surface area contributed by atoms with Crippen LogP contribution in [0.15, 0.2) is 59.3 Å². The van der Waals surface area contributed by atoms with E-state index in [2.05, 4.69) is 10.3 Å². The molecule has 0 atom stereocenters. The van der Waals surface area contributed by atoms with Crippen molar-refractivity contribution in [3.8, 4) is 17.1 Å². The van der Waals surface area contributed by atoms with E-state index >= 15 is 0 Å². The van der Waals surface area contributed by atoms with Gasteiger partial charge >= 0.3 is 0 Å². The van der Waals surface area contributed by atoms with Crippen LogP contribution in [0.25, 0.3) is 11.3 Å². The Morgan fingerprint density at radius 1 is 1.12 bits per heavy atom. The molecule has 0 aliphatic heterocycles. The SMILES string of the molecule is COc1ccc(-c2ocnc2C(=O)NCc2ccc(C)cc2)cc1. The van der Waals surface area contributed by atoms with Crippen molar-refractivity contribution in [2.24, 2.45) is 0 Å². The molecule has 5 nitrogen and oxygen atoms in total. The fourth-order valence-corrected chi connectivity index (χ4v) is 2.33. The van der Waals surface area contributed by atoms with Crippen LogP contribution in [0.2, 0.25) is 0 Å². The van der Waals surface area contributed by atoms with Gasteiger partial charge in [-0.3, -0.25) is 4.79 Å². The molecule has 0 bridgehead atoms. The normalized spacial score (nSPS) is 10.4. The molecular weight excluding hydrogens is 304 g/mol. The lowest BCUT2D eigenvalue weighted by Gasteiger charge is -2.06. The fourth-order valence-electron chi connectivity index (χ4n) is 2.33. The maximum absolute atomic E-state index is 12.4. The third kappa shape index (κ3) is 3.46. The molecule has 1 N–H and O–H groups in total. The minimum atomic E-state index is -0.268. The summed E-state index contributed by atoms with van der Waals surface area (Å²) in [6.07, 6.45) is 1.28. The van der Waals surface area contributed by atoms with Gasteiger partial charge in [0.25, 0.3) is 5.91 Å². The number of hydrogen-bond donors (Lipinski definition) is 1. The Kier molecular flexibility index (Phi) is 4.61. The molecule has 3 rings (SSSR count). The first-order valence-electron chi connectivity index (χ1n) is 7.59. The molecule has 0 spiro atoms.